The van der Waals surface area contributed by atoms with Gasteiger partial charge in [0.25, 0.3) is 5.56 Å². The molecule has 94 valence electrons. The molecule has 7 heteroatoms. The van der Waals surface area contributed by atoms with Crippen LogP contribution in [-0.4, -0.2) is 9.55 Å². The first-order chi connectivity index (χ1) is 8.50. The molecule has 1 aromatic heterocycles. The number of nitrogens with zero attached hydrogens (tertiary/aromatic N) is 2. The fraction of sp³-hybridized carbons (Fsp3) is 0.0909. The summed E-state index contributed by atoms with van der Waals surface area (Å²) in [5.74, 6) is 0.180. The van der Waals surface area contributed by atoms with Gasteiger partial charge >= 0.3 is 0 Å². The lowest BCUT2D eigenvalue weighted by Crippen LogP contribution is -2.20. The van der Waals surface area contributed by atoms with Crippen LogP contribution in [0.15, 0.2) is 39.1 Å². The predicted octanol–water partition coefficient (Wildman–Crippen LogP) is 2.82. The van der Waals surface area contributed by atoms with Crippen LogP contribution < -0.4 is 11.3 Å². The van der Waals surface area contributed by atoms with Crippen molar-refractivity contribution in [3.05, 3.63) is 44.9 Å². The molecule has 0 spiro atoms. The average molecular weight is 302 g/mol. The molecule has 0 aliphatic heterocycles. The smallest absolute Gasteiger partial charge is 0.269 e. The molecular weight excluding hydrogens is 293 g/mol. The van der Waals surface area contributed by atoms with E-state index >= 15 is 0 Å². The number of aromatic nitrogens is 2. The minimum atomic E-state index is -0.219. The zero-order valence-electron chi connectivity index (χ0n) is 9.35. The fourth-order valence-electron chi connectivity index (χ4n) is 1.30. The van der Waals surface area contributed by atoms with Crippen LogP contribution in [0.4, 0.5) is 5.82 Å². The Balaban J connectivity index is 2.50. The quantitative estimate of drug-likeness (QED) is 0.926. The van der Waals surface area contributed by atoms with Crippen LogP contribution in [0, 0.1) is 0 Å². The van der Waals surface area contributed by atoms with Gasteiger partial charge < -0.3 is 10.3 Å². The van der Waals surface area contributed by atoms with Crippen LogP contribution in [0.2, 0.25) is 10.0 Å². The molecule has 0 fully saturated rings. The van der Waals surface area contributed by atoms with Crippen molar-refractivity contribution in [1.82, 2.24) is 9.55 Å². The lowest BCUT2D eigenvalue weighted by molar-refractivity contribution is 0.798. The Morgan fingerprint density at radius 3 is 2.83 bits per heavy atom. The average Bonchev–Trinajstić information content (AvgIpc) is 2.35. The monoisotopic (exact) mass is 301 g/mol. The summed E-state index contributed by atoms with van der Waals surface area (Å²) in [5, 5.41) is 0.829. The van der Waals surface area contributed by atoms with Gasteiger partial charge in [-0.3, -0.25) is 4.79 Å². The maximum Gasteiger partial charge on any atom is 0.269 e. The molecular formula is C11H9Cl2N3OS. The van der Waals surface area contributed by atoms with Crippen molar-refractivity contribution in [3.63, 3.8) is 0 Å². The Morgan fingerprint density at radius 2 is 2.11 bits per heavy atom. The van der Waals surface area contributed by atoms with Gasteiger partial charge in [-0.25, -0.2) is 4.98 Å². The molecule has 0 amide bonds. The summed E-state index contributed by atoms with van der Waals surface area (Å²) in [5.41, 5.74) is 5.49. The molecule has 18 heavy (non-hydrogen) atoms. The van der Waals surface area contributed by atoms with E-state index in [1.54, 1.807) is 25.2 Å². The number of aryl methyl sites for hydroxylation is 1. The molecule has 0 radical (unpaired) electrons. The van der Waals surface area contributed by atoms with E-state index in [1.807, 2.05) is 0 Å². The van der Waals surface area contributed by atoms with E-state index in [2.05, 4.69) is 4.98 Å². The van der Waals surface area contributed by atoms with Crippen LogP contribution >= 0.6 is 35.0 Å². The molecule has 0 unspecified atom stereocenters. The summed E-state index contributed by atoms with van der Waals surface area (Å²) in [4.78, 5) is 16.9. The number of benzene rings is 1. The first-order valence-electron chi connectivity index (χ1n) is 4.93. The van der Waals surface area contributed by atoms with E-state index in [0.29, 0.717) is 19.8 Å². The van der Waals surface area contributed by atoms with Crippen molar-refractivity contribution >= 4 is 40.8 Å². The first-order valence-corrected chi connectivity index (χ1v) is 6.51. The summed E-state index contributed by atoms with van der Waals surface area (Å²) in [6, 6.07) is 5.21. The van der Waals surface area contributed by atoms with Gasteiger partial charge in [-0.15, -0.1) is 0 Å². The van der Waals surface area contributed by atoms with E-state index in [9.17, 15) is 4.79 Å². The number of hydrogen-bond acceptors (Lipinski definition) is 4. The second-order valence-corrected chi connectivity index (χ2v) is 5.37. The molecule has 1 heterocycles. The molecule has 1 aromatic carbocycles. The summed E-state index contributed by atoms with van der Waals surface area (Å²) in [7, 11) is 1.61. The van der Waals surface area contributed by atoms with Crippen molar-refractivity contribution in [1.29, 1.82) is 0 Å². The summed E-state index contributed by atoms with van der Waals surface area (Å²) in [6.07, 6.45) is 1.38. The summed E-state index contributed by atoms with van der Waals surface area (Å²) in [6.45, 7) is 0. The highest BCUT2D eigenvalue weighted by Gasteiger charge is 2.13. The van der Waals surface area contributed by atoms with E-state index in [4.69, 9.17) is 28.9 Å². The number of rotatable bonds is 2. The minimum Gasteiger partial charge on any atom is -0.383 e. The Bertz CT molecular complexity index is 657. The molecule has 0 aliphatic rings. The summed E-state index contributed by atoms with van der Waals surface area (Å²) < 4.78 is 1.36. The Hall–Kier alpha value is -1.17. The van der Waals surface area contributed by atoms with E-state index < -0.39 is 0 Å². The topological polar surface area (TPSA) is 60.9 Å². The third-order valence-corrected chi connectivity index (χ3v) is 4.32. The lowest BCUT2D eigenvalue weighted by atomic mass is 10.4. The highest BCUT2D eigenvalue weighted by molar-refractivity contribution is 7.99. The number of halogens is 2. The Kier molecular flexibility index (Phi) is 3.85. The molecule has 2 aromatic rings. The van der Waals surface area contributed by atoms with E-state index in [-0.39, 0.29) is 11.4 Å². The highest BCUT2D eigenvalue weighted by Crippen LogP contribution is 2.37. The van der Waals surface area contributed by atoms with Gasteiger partial charge in [0.2, 0.25) is 0 Å². The van der Waals surface area contributed by atoms with Crippen LogP contribution in [0.3, 0.4) is 0 Å². The normalized spacial score (nSPS) is 10.6. The maximum atomic E-state index is 11.9. The molecule has 2 N–H and O–H groups in total. The third-order valence-electron chi connectivity index (χ3n) is 2.25. The van der Waals surface area contributed by atoms with Gasteiger partial charge in [0.1, 0.15) is 10.7 Å². The maximum absolute atomic E-state index is 11.9. The Labute approximate surface area is 118 Å². The number of nitrogen functional groups attached to an aromatic ring is 1. The van der Waals surface area contributed by atoms with Crippen LogP contribution in [0.25, 0.3) is 0 Å². The highest BCUT2D eigenvalue weighted by atomic mass is 35.5. The molecule has 0 saturated heterocycles. The second-order valence-electron chi connectivity index (χ2n) is 3.53. The minimum absolute atomic E-state index is 0.180. The van der Waals surface area contributed by atoms with Crippen molar-refractivity contribution in [2.24, 2.45) is 7.05 Å². The SMILES string of the molecule is Cn1cnc(N)c(Sc2cccc(Cl)c2Cl)c1=O. The van der Waals surface area contributed by atoms with E-state index in [0.717, 1.165) is 11.8 Å². The van der Waals surface area contributed by atoms with Crippen LogP contribution in [0.5, 0.6) is 0 Å². The van der Waals surface area contributed by atoms with Crippen molar-refractivity contribution < 1.29 is 0 Å². The van der Waals surface area contributed by atoms with Gasteiger partial charge in [-0.2, -0.15) is 0 Å². The van der Waals surface area contributed by atoms with Crippen molar-refractivity contribution in [2.75, 3.05) is 5.73 Å². The van der Waals surface area contributed by atoms with E-state index in [1.165, 1.54) is 10.9 Å². The van der Waals surface area contributed by atoms with Crippen LogP contribution in [0.1, 0.15) is 0 Å². The molecule has 2 rings (SSSR count). The van der Waals surface area contributed by atoms with Crippen LogP contribution in [-0.2, 0) is 7.05 Å². The zero-order chi connectivity index (χ0) is 13.3. The molecule has 0 atom stereocenters. The lowest BCUT2D eigenvalue weighted by Gasteiger charge is -2.07. The van der Waals surface area contributed by atoms with Gasteiger partial charge in [-0.05, 0) is 12.1 Å². The molecule has 0 saturated carbocycles. The Morgan fingerprint density at radius 1 is 1.39 bits per heavy atom. The van der Waals surface area contributed by atoms with Gasteiger partial charge in [0, 0.05) is 11.9 Å². The summed E-state index contributed by atoms with van der Waals surface area (Å²) >= 11 is 13.1. The van der Waals surface area contributed by atoms with Crippen molar-refractivity contribution in [3.8, 4) is 0 Å². The van der Waals surface area contributed by atoms with Gasteiger partial charge in [0.05, 0.1) is 16.4 Å². The fourth-order valence-corrected chi connectivity index (χ4v) is 2.73. The standard InChI is InChI=1S/C11H9Cl2N3OS/c1-16-5-15-10(14)9(11(16)17)18-7-4-2-3-6(12)8(7)13/h2-5H,14H2,1H3. The predicted molar refractivity (Wildman–Crippen MR) is 74.5 cm³/mol. The zero-order valence-corrected chi connectivity index (χ0v) is 11.7. The van der Waals surface area contributed by atoms with Gasteiger partial charge in [-0.1, -0.05) is 41.0 Å². The molecule has 0 aliphatic carbocycles. The first kappa shape index (κ1) is 13.3. The number of nitrogens with two attached hydrogens (primary N) is 1. The van der Waals surface area contributed by atoms with Crippen molar-refractivity contribution in [2.45, 2.75) is 9.79 Å². The largest absolute Gasteiger partial charge is 0.383 e. The molecule has 0 bridgehead atoms. The second kappa shape index (κ2) is 5.22. The van der Waals surface area contributed by atoms with Gasteiger partial charge in [0.15, 0.2) is 0 Å². The number of hydrogen-bond donors (Lipinski definition) is 1. The third kappa shape index (κ3) is 2.48. The number of anilines is 1. The molecule has 4 nitrogen and oxygen atoms in total.